The monoisotopic (exact) mass is 358 g/mol. The molecule has 0 spiro atoms. The van der Waals surface area contributed by atoms with Crippen molar-refractivity contribution < 1.29 is 4.79 Å². The first-order valence-electron chi connectivity index (χ1n) is 9.43. The summed E-state index contributed by atoms with van der Waals surface area (Å²) in [5.41, 5.74) is 1.49. The molecule has 2 aliphatic rings. The summed E-state index contributed by atoms with van der Waals surface area (Å²) >= 11 is 1.86. The van der Waals surface area contributed by atoms with Gasteiger partial charge in [-0.15, -0.1) is 11.3 Å². The lowest BCUT2D eigenvalue weighted by atomic mass is 9.86. The Kier molecular flexibility index (Phi) is 4.63. The van der Waals surface area contributed by atoms with Crippen molar-refractivity contribution in [1.29, 1.82) is 0 Å². The van der Waals surface area contributed by atoms with Gasteiger partial charge in [-0.2, -0.15) is 0 Å². The van der Waals surface area contributed by atoms with E-state index in [2.05, 4.69) is 27.1 Å². The lowest BCUT2D eigenvalue weighted by Gasteiger charge is -2.32. The number of fused-ring (bicyclic) bond motifs is 3. The van der Waals surface area contributed by atoms with E-state index in [-0.39, 0.29) is 11.8 Å². The standard InChI is InChI=1S/C19H26N4OS/c1-3-12-4-5-14-15(10-12)25-19-16(14)17(21-11-22-19)23-8-6-13(7-9-23)18(24)20-2/h11-13H,3-10H2,1-2H3,(H,20,24). The van der Waals surface area contributed by atoms with Crippen LogP contribution < -0.4 is 10.2 Å². The third-order valence-electron chi connectivity index (χ3n) is 5.92. The summed E-state index contributed by atoms with van der Waals surface area (Å²) in [6, 6.07) is 0. The summed E-state index contributed by atoms with van der Waals surface area (Å²) < 4.78 is 0. The molecule has 25 heavy (non-hydrogen) atoms. The number of carbonyl (C=O) groups excluding carboxylic acids is 1. The number of aromatic nitrogens is 2. The van der Waals surface area contributed by atoms with Crippen molar-refractivity contribution in [3.8, 4) is 0 Å². The Labute approximate surface area is 152 Å². The summed E-state index contributed by atoms with van der Waals surface area (Å²) in [6.07, 6.45) is 8.40. The average Bonchev–Trinajstić information content (AvgIpc) is 3.05. The maximum atomic E-state index is 11.9. The summed E-state index contributed by atoms with van der Waals surface area (Å²) in [5, 5.41) is 4.07. The molecule has 4 rings (SSSR count). The maximum absolute atomic E-state index is 11.9. The summed E-state index contributed by atoms with van der Waals surface area (Å²) in [6.45, 7) is 4.09. The molecule has 6 heteroatoms. The molecule has 1 aliphatic heterocycles. The van der Waals surface area contributed by atoms with Gasteiger partial charge in [-0.25, -0.2) is 9.97 Å². The van der Waals surface area contributed by atoms with Crippen LogP contribution in [0.25, 0.3) is 10.2 Å². The van der Waals surface area contributed by atoms with E-state index in [0.717, 1.165) is 48.9 Å². The minimum absolute atomic E-state index is 0.139. The Balaban J connectivity index is 1.63. The molecule has 1 atom stereocenters. The minimum atomic E-state index is 0.139. The first-order chi connectivity index (χ1) is 12.2. The van der Waals surface area contributed by atoms with Crippen molar-refractivity contribution in [1.82, 2.24) is 15.3 Å². The van der Waals surface area contributed by atoms with Gasteiger partial charge in [0.15, 0.2) is 0 Å². The molecule has 0 aromatic carbocycles. The summed E-state index contributed by atoms with van der Waals surface area (Å²) in [5.74, 6) is 2.22. The van der Waals surface area contributed by atoms with Gasteiger partial charge in [0.05, 0.1) is 5.39 Å². The van der Waals surface area contributed by atoms with E-state index in [9.17, 15) is 4.79 Å². The fourth-order valence-corrected chi connectivity index (χ4v) is 5.60. The maximum Gasteiger partial charge on any atom is 0.222 e. The molecule has 0 saturated carbocycles. The lowest BCUT2D eigenvalue weighted by Crippen LogP contribution is -2.40. The zero-order valence-corrected chi connectivity index (χ0v) is 15.9. The number of piperidine rings is 1. The van der Waals surface area contributed by atoms with Gasteiger partial charge in [0.25, 0.3) is 0 Å². The van der Waals surface area contributed by atoms with Gasteiger partial charge in [-0.05, 0) is 43.6 Å². The number of rotatable bonds is 3. The Morgan fingerprint density at radius 3 is 2.84 bits per heavy atom. The predicted molar refractivity (Wildman–Crippen MR) is 102 cm³/mol. The Morgan fingerprint density at radius 1 is 1.32 bits per heavy atom. The second-order valence-electron chi connectivity index (χ2n) is 7.27. The number of carbonyl (C=O) groups is 1. The van der Waals surface area contributed by atoms with E-state index < -0.39 is 0 Å². The van der Waals surface area contributed by atoms with E-state index in [1.165, 1.54) is 35.1 Å². The van der Waals surface area contributed by atoms with Crippen LogP contribution in [0.3, 0.4) is 0 Å². The number of amides is 1. The van der Waals surface area contributed by atoms with Crippen LogP contribution in [0.5, 0.6) is 0 Å². The molecular weight excluding hydrogens is 332 g/mol. The van der Waals surface area contributed by atoms with Crippen LogP contribution in [0.1, 0.15) is 43.0 Å². The van der Waals surface area contributed by atoms with Crippen LogP contribution >= 0.6 is 11.3 Å². The highest BCUT2D eigenvalue weighted by atomic mass is 32.1. The normalized spacial score (nSPS) is 21.4. The third kappa shape index (κ3) is 3.01. The Bertz CT molecular complexity index is 779. The molecule has 1 aliphatic carbocycles. The van der Waals surface area contributed by atoms with Crippen LogP contribution in [0.15, 0.2) is 6.33 Å². The van der Waals surface area contributed by atoms with Gasteiger partial charge in [-0.1, -0.05) is 13.3 Å². The van der Waals surface area contributed by atoms with Gasteiger partial charge in [-0.3, -0.25) is 4.79 Å². The molecule has 5 nitrogen and oxygen atoms in total. The van der Waals surface area contributed by atoms with Crippen molar-refractivity contribution in [3.05, 3.63) is 16.8 Å². The Hall–Kier alpha value is -1.69. The fourth-order valence-electron chi connectivity index (χ4n) is 4.31. The average molecular weight is 359 g/mol. The highest BCUT2D eigenvalue weighted by Crippen LogP contribution is 2.41. The van der Waals surface area contributed by atoms with Gasteiger partial charge in [0.2, 0.25) is 5.91 Å². The molecule has 1 amide bonds. The molecule has 0 bridgehead atoms. The quantitative estimate of drug-likeness (QED) is 0.916. The van der Waals surface area contributed by atoms with E-state index >= 15 is 0 Å². The van der Waals surface area contributed by atoms with Crippen LogP contribution in [-0.2, 0) is 17.6 Å². The largest absolute Gasteiger partial charge is 0.359 e. The van der Waals surface area contributed by atoms with E-state index in [0.29, 0.717) is 0 Å². The van der Waals surface area contributed by atoms with Crippen molar-refractivity contribution in [2.24, 2.45) is 11.8 Å². The van der Waals surface area contributed by atoms with Crippen molar-refractivity contribution in [2.75, 3.05) is 25.0 Å². The van der Waals surface area contributed by atoms with Crippen LogP contribution in [0, 0.1) is 11.8 Å². The van der Waals surface area contributed by atoms with Gasteiger partial charge in [0, 0.05) is 30.9 Å². The number of hydrogen-bond donors (Lipinski definition) is 1. The van der Waals surface area contributed by atoms with Gasteiger partial charge < -0.3 is 10.2 Å². The fraction of sp³-hybridized carbons (Fsp3) is 0.632. The zero-order valence-electron chi connectivity index (χ0n) is 15.0. The summed E-state index contributed by atoms with van der Waals surface area (Å²) in [7, 11) is 1.73. The van der Waals surface area contributed by atoms with Crippen molar-refractivity contribution in [2.45, 2.75) is 45.4 Å². The topological polar surface area (TPSA) is 58.1 Å². The predicted octanol–water partition coefficient (Wildman–Crippen LogP) is 3.17. The molecule has 0 radical (unpaired) electrons. The number of thiophene rings is 1. The van der Waals surface area contributed by atoms with Crippen LogP contribution in [0.2, 0.25) is 0 Å². The zero-order chi connectivity index (χ0) is 17.4. The second kappa shape index (κ2) is 6.90. The number of anilines is 1. The molecule has 1 N–H and O–H groups in total. The molecule has 1 saturated heterocycles. The van der Waals surface area contributed by atoms with E-state index in [4.69, 9.17) is 0 Å². The number of nitrogens with zero attached hydrogens (tertiary/aromatic N) is 3. The minimum Gasteiger partial charge on any atom is -0.359 e. The van der Waals surface area contributed by atoms with Crippen molar-refractivity contribution >= 4 is 33.3 Å². The Morgan fingerprint density at radius 2 is 2.12 bits per heavy atom. The van der Waals surface area contributed by atoms with Crippen LogP contribution in [-0.4, -0.2) is 36.0 Å². The first kappa shape index (κ1) is 16.8. The number of nitrogens with one attached hydrogen (secondary N) is 1. The first-order valence-corrected chi connectivity index (χ1v) is 10.2. The van der Waals surface area contributed by atoms with E-state index in [1.807, 2.05) is 11.3 Å². The van der Waals surface area contributed by atoms with Gasteiger partial charge >= 0.3 is 0 Å². The molecule has 2 aromatic rings. The molecule has 1 unspecified atom stereocenters. The second-order valence-corrected chi connectivity index (χ2v) is 8.36. The molecular formula is C19H26N4OS. The lowest BCUT2D eigenvalue weighted by molar-refractivity contribution is -0.125. The molecule has 3 heterocycles. The third-order valence-corrected chi connectivity index (χ3v) is 7.08. The highest BCUT2D eigenvalue weighted by Gasteiger charge is 2.29. The highest BCUT2D eigenvalue weighted by molar-refractivity contribution is 7.19. The SMILES string of the molecule is CCC1CCc2c(sc3ncnc(N4CCC(C(=O)NC)CC4)c23)C1. The smallest absolute Gasteiger partial charge is 0.222 e. The number of aryl methyl sites for hydroxylation is 1. The number of hydrogen-bond acceptors (Lipinski definition) is 5. The van der Waals surface area contributed by atoms with Gasteiger partial charge in [0.1, 0.15) is 17.0 Å². The van der Waals surface area contributed by atoms with Crippen LogP contribution in [0.4, 0.5) is 5.82 Å². The molecule has 1 fully saturated rings. The molecule has 134 valence electrons. The van der Waals surface area contributed by atoms with E-state index in [1.54, 1.807) is 13.4 Å². The molecule has 2 aromatic heterocycles. The van der Waals surface area contributed by atoms with Crippen molar-refractivity contribution in [3.63, 3.8) is 0 Å². The summed E-state index contributed by atoms with van der Waals surface area (Å²) in [4.78, 5) is 26.1.